The van der Waals surface area contributed by atoms with E-state index >= 15 is 0 Å². The summed E-state index contributed by atoms with van der Waals surface area (Å²) in [5, 5.41) is 11.9. The zero-order valence-electron chi connectivity index (χ0n) is 14.0. The molecule has 3 heterocycles. The zero-order chi connectivity index (χ0) is 18.1. The number of halogens is 1. The van der Waals surface area contributed by atoms with Crippen LogP contribution < -0.4 is 4.90 Å². The van der Waals surface area contributed by atoms with Gasteiger partial charge in [0.05, 0.1) is 20.3 Å². The Bertz CT molecular complexity index is 953. The average molecular weight is 389 g/mol. The van der Waals surface area contributed by atoms with E-state index in [4.69, 9.17) is 11.6 Å². The Morgan fingerprint density at radius 1 is 1.15 bits per heavy atom. The van der Waals surface area contributed by atoms with Crippen molar-refractivity contribution < 1.29 is 4.92 Å². The molecule has 0 saturated carbocycles. The van der Waals surface area contributed by atoms with Gasteiger partial charge in [0, 0.05) is 49.9 Å². The summed E-state index contributed by atoms with van der Waals surface area (Å²) in [5.41, 5.74) is 1.76. The van der Waals surface area contributed by atoms with Gasteiger partial charge < -0.3 is 4.90 Å². The van der Waals surface area contributed by atoms with Crippen LogP contribution in [-0.4, -0.2) is 41.0 Å². The molecule has 1 aliphatic rings. The van der Waals surface area contributed by atoms with Crippen LogP contribution in [0.1, 0.15) is 4.88 Å². The van der Waals surface area contributed by atoms with Gasteiger partial charge in [-0.1, -0.05) is 11.6 Å². The molecule has 0 amide bonds. The van der Waals surface area contributed by atoms with Crippen molar-refractivity contribution in [2.24, 2.45) is 0 Å². The van der Waals surface area contributed by atoms with Crippen molar-refractivity contribution in [2.45, 2.75) is 6.54 Å². The van der Waals surface area contributed by atoms with Gasteiger partial charge in [-0.15, -0.1) is 11.3 Å². The van der Waals surface area contributed by atoms with Crippen molar-refractivity contribution in [1.82, 2.24) is 9.88 Å². The predicted octanol–water partition coefficient (Wildman–Crippen LogP) is 4.18. The fourth-order valence-electron chi connectivity index (χ4n) is 3.36. The molecule has 1 aliphatic heterocycles. The van der Waals surface area contributed by atoms with Crippen molar-refractivity contribution in [3.8, 4) is 0 Å². The van der Waals surface area contributed by atoms with E-state index < -0.39 is 0 Å². The lowest BCUT2D eigenvalue weighted by molar-refractivity contribution is -0.383. The van der Waals surface area contributed by atoms with E-state index in [-0.39, 0.29) is 10.6 Å². The number of fused-ring (bicyclic) bond motifs is 1. The first-order valence-electron chi connectivity index (χ1n) is 8.35. The highest BCUT2D eigenvalue weighted by molar-refractivity contribution is 7.16. The number of benzene rings is 1. The van der Waals surface area contributed by atoms with Crippen molar-refractivity contribution in [1.29, 1.82) is 0 Å². The van der Waals surface area contributed by atoms with Gasteiger partial charge in [0.25, 0.3) is 5.69 Å². The summed E-state index contributed by atoms with van der Waals surface area (Å²) in [6.45, 7) is 4.50. The van der Waals surface area contributed by atoms with Gasteiger partial charge >= 0.3 is 0 Å². The number of nitro groups is 1. The largest absolute Gasteiger partial charge is 0.367 e. The molecule has 26 heavy (non-hydrogen) atoms. The molecule has 1 saturated heterocycles. The molecule has 8 heteroatoms. The third kappa shape index (κ3) is 3.38. The molecule has 0 bridgehead atoms. The Morgan fingerprint density at radius 3 is 2.65 bits per heavy atom. The first-order valence-corrected chi connectivity index (χ1v) is 9.55. The second-order valence-electron chi connectivity index (χ2n) is 6.23. The molecule has 0 radical (unpaired) electrons. The number of nitro benzene ring substituents is 1. The highest BCUT2D eigenvalue weighted by Crippen LogP contribution is 2.32. The molecule has 0 spiro atoms. The molecule has 1 fully saturated rings. The fourth-order valence-corrected chi connectivity index (χ4v) is 4.49. The number of hydrogen-bond acceptors (Lipinski definition) is 6. The quantitative estimate of drug-likeness (QED) is 0.495. The molecule has 6 nitrogen and oxygen atoms in total. The van der Waals surface area contributed by atoms with Crippen molar-refractivity contribution in [3.63, 3.8) is 0 Å². The Labute approximate surface area is 159 Å². The third-order valence-corrected chi connectivity index (χ3v) is 5.86. The van der Waals surface area contributed by atoms with E-state index in [1.54, 1.807) is 35.7 Å². The normalized spacial score (nSPS) is 15.5. The lowest BCUT2D eigenvalue weighted by Crippen LogP contribution is -2.46. The van der Waals surface area contributed by atoms with Gasteiger partial charge in [-0.2, -0.15) is 0 Å². The maximum Gasteiger partial charge on any atom is 0.278 e. The topological polar surface area (TPSA) is 62.5 Å². The van der Waals surface area contributed by atoms with Gasteiger partial charge in [0.1, 0.15) is 5.52 Å². The number of anilines is 1. The van der Waals surface area contributed by atoms with Crippen molar-refractivity contribution in [2.75, 3.05) is 31.1 Å². The van der Waals surface area contributed by atoms with Crippen LogP contribution in [0.5, 0.6) is 0 Å². The Morgan fingerprint density at radius 2 is 1.96 bits per heavy atom. The summed E-state index contributed by atoms with van der Waals surface area (Å²) < 4.78 is 0.821. The number of hydrogen-bond donors (Lipinski definition) is 0. The van der Waals surface area contributed by atoms with E-state index in [2.05, 4.69) is 20.9 Å². The first kappa shape index (κ1) is 17.2. The SMILES string of the molecule is O=[N+]([O-])c1ccc(N2CCN(Cc3ccc(Cl)s3)CC2)c2ncccc12. The zero-order valence-corrected chi connectivity index (χ0v) is 15.5. The van der Waals surface area contributed by atoms with Crippen molar-refractivity contribution in [3.05, 3.63) is 61.9 Å². The van der Waals surface area contributed by atoms with E-state index in [0.29, 0.717) is 10.9 Å². The van der Waals surface area contributed by atoms with Crippen LogP contribution >= 0.6 is 22.9 Å². The number of pyridine rings is 1. The lowest BCUT2D eigenvalue weighted by atomic mass is 10.1. The molecule has 134 valence electrons. The van der Waals surface area contributed by atoms with E-state index in [9.17, 15) is 10.1 Å². The minimum Gasteiger partial charge on any atom is -0.367 e. The fraction of sp³-hybridized carbons (Fsp3) is 0.278. The van der Waals surface area contributed by atoms with Gasteiger partial charge in [-0.25, -0.2) is 0 Å². The Hall–Kier alpha value is -2.22. The van der Waals surface area contributed by atoms with Crippen LogP contribution in [-0.2, 0) is 6.54 Å². The van der Waals surface area contributed by atoms with Gasteiger partial charge in [-0.3, -0.25) is 20.0 Å². The highest BCUT2D eigenvalue weighted by Gasteiger charge is 2.22. The van der Waals surface area contributed by atoms with Crippen molar-refractivity contribution >= 4 is 45.2 Å². The third-order valence-electron chi connectivity index (χ3n) is 4.64. The van der Waals surface area contributed by atoms with Crippen LogP contribution in [0.15, 0.2) is 42.6 Å². The molecular weight excluding hydrogens is 372 g/mol. The minimum absolute atomic E-state index is 0.102. The standard InChI is InChI=1S/C18H17ClN4O2S/c19-17-6-3-13(26-17)12-21-8-10-22(11-9-21)16-5-4-15(23(24)25)14-2-1-7-20-18(14)16/h1-7H,8-12H2. The lowest BCUT2D eigenvalue weighted by Gasteiger charge is -2.36. The van der Waals surface area contributed by atoms with E-state index in [0.717, 1.165) is 42.7 Å². The Balaban J connectivity index is 1.53. The second kappa shape index (κ2) is 7.19. The summed E-state index contributed by atoms with van der Waals surface area (Å²) >= 11 is 7.63. The molecule has 0 aliphatic carbocycles. The summed E-state index contributed by atoms with van der Waals surface area (Å²) in [6, 6.07) is 10.9. The summed E-state index contributed by atoms with van der Waals surface area (Å²) in [5.74, 6) is 0. The molecule has 0 atom stereocenters. The Kier molecular flexibility index (Phi) is 4.76. The molecule has 3 aromatic rings. The summed E-state index contributed by atoms with van der Waals surface area (Å²) in [7, 11) is 0. The van der Waals surface area contributed by atoms with Crippen LogP contribution in [0, 0.1) is 10.1 Å². The molecule has 0 N–H and O–H groups in total. The maximum absolute atomic E-state index is 11.3. The average Bonchev–Trinajstić information content (AvgIpc) is 3.06. The summed E-state index contributed by atoms with van der Waals surface area (Å²) in [4.78, 5) is 21.3. The number of thiophene rings is 1. The second-order valence-corrected chi connectivity index (χ2v) is 8.03. The minimum atomic E-state index is -0.349. The molecule has 2 aromatic heterocycles. The smallest absolute Gasteiger partial charge is 0.278 e. The van der Waals surface area contributed by atoms with Gasteiger partial charge in [-0.05, 0) is 30.3 Å². The molecule has 1 aromatic carbocycles. The van der Waals surface area contributed by atoms with Crippen LogP contribution in [0.2, 0.25) is 4.34 Å². The van der Waals surface area contributed by atoms with E-state index in [1.807, 2.05) is 12.1 Å². The molecule has 0 unspecified atom stereocenters. The molecular formula is C18H17ClN4O2S. The van der Waals surface area contributed by atoms with Gasteiger partial charge in [0.15, 0.2) is 0 Å². The van der Waals surface area contributed by atoms with Crippen LogP contribution in [0.4, 0.5) is 11.4 Å². The number of aromatic nitrogens is 1. The van der Waals surface area contributed by atoms with E-state index in [1.165, 1.54) is 4.88 Å². The number of non-ortho nitro benzene ring substituents is 1. The van der Waals surface area contributed by atoms with Crippen LogP contribution in [0.25, 0.3) is 10.9 Å². The molecule has 4 rings (SSSR count). The number of piperazine rings is 1. The summed E-state index contributed by atoms with van der Waals surface area (Å²) in [6.07, 6.45) is 1.69. The predicted molar refractivity (Wildman–Crippen MR) is 105 cm³/mol. The highest BCUT2D eigenvalue weighted by atomic mass is 35.5. The maximum atomic E-state index is 11.3. The number of rotatable bonds is 4. The van der Waals surface area contributed by atoms with Gasteiger partial charge in [0.2, 0.25) is 0 Å². The monoisotopic (exact) mass is 388 g/mol. The van der Waals surface area contributed by atoms with Crippen LogP contribution in [0.3, 0.4) is 0 Å². The first-order chi connectivity index (χ1) is 12.6. The number of nitrogens with zero attached hydrogens (tertiary/aromatic N) is 4.